The number of carbonyl (C=O) groups is 2. The van der Waals surface area contributed by atoms with Crippen molar-refractivity contribution in [2.24, 2.45) is 0 Å². The highest BCUT2D eigenvalue weighted by Gasteiger charge is 2.32. The topological polar surface area (TPSA) is 89.3 Å². The predicted molar refractivity (Wildman–Crippen MR) is 137 cm³/mol. The van der Waals surface area contributed by atoms with Crippen molar-refractivity contribution >= 4 is 34.3 Å². The Morgan fingerprint density at radius 2 is 2.03 bits per heavy atom. The molecule has 1 atom stereocenters. The second kappa shape index (κ2) is 9.82. The van der Waals surface area contributed by atoms with Crippen LogP contribution in [0.5, 0.6) is 5.75 Å². The number of hydrogen-bond acceptors (Lipinski definition) is 5. The van der Waals surface area contributed by atoms with E-state index in [0.29, 0.717) is 35.1 Å². The summed E-state index contributed by atoms with van der Waals surface area (Å²) in [6.07, 6.45) is 2.46. The number of ether oxygens (including phenoxy) is 1. The summed E-state index contributed by atoms with van der Waals surface area (Å²) >= 11 is 6.67. The van der Waals surface area contributed by atoms with Crippen LogP contribution in [0.4, 0.5) is 4.39 Å². The molecule has 37 heavy (non-hydrogen) atoms. The Hall–Kier alpha value is -3.98. The SMILES string of the molecule is Cc1cc(Cl)c(COc2cccc3c(-n4cc(F)cn4)cc(C)nc23)c([C@H](C)N2CCNC(=O)C2=O)c1. The first-order valence-corrected chi connectivity index (χ1v) is 12.2. The quantitative estimate of drug-likeness (QED) is 0.379. The van der Waals surface area contributed by atoms with E-state index in [0.717, 1.165) is 34.0 Å². The highest BCUT2D eigenvalue weighted by Crippen LogP contribution is 2.34. The number of pyridine rings is 1. The summed E-state index contributed by atoms with van der Waals surface area (Å²) in [6, 6.07) is 10.8. The van der Waals surface area contributed by atoms with Crippen LogP contribution in [0.25, 0.3) is 16.6 Å². The zero-order chi connectivity index (χ0) is 26.3. The minimum Gasteiger partial charge on any atom is -0.487 e. The van der Waals surface area contributed by atoms with Gasteiger partial charge in [0.2, 0.25) is 0 Å². The number of halogens is 2. The first-order valence-electron chi connectivity index (χ1n) is 11.8. The van der Waals surface area contributed by atoms with Gasteiger partial charge >= 0.3 is 11.8 Å². The summed E-state index contributed by atoms with van der Waals surface area (Å²) in [4.78, 5) is 30.7. The zero-order valence-electron chi connectivity index (χ0n) is 20.6. The van der Waals surface area contributed by atoms with Gasteiger partial charge in [-0.1, -0.05) is 29.8 Å². The fourth-order valence-corrected chi connectivity index (χ4v) is 5.01. The van der Waals surface area contributed by atoms with E-state index in [9.17, 15) is 14.0 Å². The van der Waals surface area contributed by atoms with E-state index >= 15 is 0 Å². The number of nitrogens with zero attached hydrogens (tertiary/aromatic N) is 4. The molecule has 1 aliphatic heterocycles. The molecule has 5 rings (SSSR count). The highest BCUT2D eigenvalue weighted by molar-refractivity contribution is 6.35. The second-order valence-corrected chi connectivity index (χ2v) is 9.48. The fraction of sp³-hybridized carbons (Fsp3) is 0.259. The van der Waals surface area contributed by atoms with Gasteiger partial charge in [0, 0.05) is 34.8 Å². The smallest absolute Gasteiger partial charge is 0.312 e. The maximum absolute atomic E-state index is 13.7. The number of rotatable bonds is 6. The third-order valence-electron chi connectivity index (χ3n) is 6.46. The van der Waals surface area contributed by atoms with E-state index in [1.165, 1.54) is 10.9 Å². The number of nitrogens with one attached hydrogen (secondary N) is 1. The van der Waals surface area contributed by atoms with E-state index < -0.39 is 17.6 Å². The molecule has 2 aromatic carbocycles. The lowest BCUT2D eigenvalue weighted by atomic mass is 9.97. The molecule has 0 spiro atoms. The Balaban J connectivity index is 1.51. The van der Waals surface area contributed by atoms with Gasteiger partial charge in [-0.15, -0.1) is 0 Å². The molecule has 0 radical (unpaired) electrons. The number of para-hydroxylation sites is 1. The van der Waals surface area contributed by atoms with Gasteiger partial charge in [-0.3, -0.25) is 9.59 Å². The van der Waals surface area contributed by atoms with Gasteiger partial charge in [-0.05, 0) is 50.1 Å². The summed E-state index contributed by atoms with van der Waals surface area (Å²) in [5, 5.41) is 7.94. The highest BCUT2D eigenvalue weighted by atomic mass is 35.5. The minimum absolute atomic E-state index is 0.119. The molecule has 1 aliphatic rings. The van der Waals surface area contributed by atoms with Crippen LogP contribution in [-0.2, 0) is 16.2 Å². The standard InChI is InChI=1S/C27H25ClFN5O3/c1-15-9-20(17(3)33-8-7-30-26(35)27(33)36)21(22(28)10-15)14-37-24-6-4-5-19-23(11-16(2)32-25(19)24)34-13-18(29)12-31-34/h4-6,9-13,17H,7-8,14H2,1-3H3,(H,30,35)/t17-/m0/s1. The van der Waals surface area contributed by atoms with Crippen molar-refractivity contribution in [3.05, 3.63) is 82.0 Å². The Labute approximate surface area is 218 Å². The average molecular weight is 522 g/mol. The van der Waals surface area contributed by atoms with Crippen molar-refractivity contribution in [2.75, 3.05) is 13.1 Å². The van der Waals surface area contributed by atoms with E-state index in [1.807, 2.05) is 57.2 Å². The van der Waals surface area contributed by atoms with E-state index in [-0.39, 0.29) is 12.6 Å². The van der Waals surface area contributed by atoms with Crippen LogP contribution in [0.15, 0.2) is 48.8 Å². The van der Waals surface area contributed by atoms with Crippen LogP contribution >= 0.6 is 11.6 Å². The number of hydrogen-bond donors (Lipinski definition) is 1. The Kier molecular flexibility index (Phi) is 6.55. The van der Waals surface area contributed by atoms with Gasteiger partial charge in [-0.25, -0.2) is 14.1 Å². The van der Waals surface area contributed by atoms with Crippen molar-refractivity contribution < 1.29 is 18.7 Å². The third-order valence-corrected chi connectivity index (χ3v) is 6.80. The second-order valence-electron chi connectivity index (χ2n) is 9.07. The van der Waals surface area contributed by atoms with Crippen LogP contribution < -0.4 is 10.1 Å². The molecule has 0 unspecified atom stereocenters. The molecule has 190 valence electrons. The van der Waals surface area contributed by atoms with Gasteiger partial charge in [0.1, 0.15) is 17.9 Å². The van der Waals surface area contributed by atoms with Gasteiger partial charge in [0.05, 0.1) is 24.1 Å². The number of carbonyl (C=O) groups excluding carboxylic acids is 2. The molecule has 0 aliphatic carbocycles. The van der Waals surface area contributed by atoms with Crippen molar-refractivity contribution in [1.82, 2.24) is 25.0 Å². The monoisotopic (exact) mass is 521 g/mol. The lowest BCUT2D eigenvalue weighted by molar-refractivity contribution is -0.149. The summed E-state index contributed by atoms with van der Waals surface area (Å²) in [7, 11) is 0. The van der Waals surface area contributed by atoms with E-state index in [4.69, 9.17) is 16.3 Å². The number of fused-ring (bicyclic) bond motifs is 1. The molecule has 1 fully saturated rings. The van der Waals surface area contributed by atoms with Crippen molar-refractivity contribution in [2.45, 2.75) is 33.4 Å². The van der Waals surface area contributed by atoms with E-state index in [2.05, 4.69) is 15.4 Å². The number of aryl methyl sites for hydroxylation is 2. The van der Waals surface area contributed by atoms with Crippen molar-refractivity contribution in [1.29, 1.82) is 0 Å². The maximum atomic E-state index is 13.7. The average Bonchev–Trinajstić information content (AvgIpc) is 3.30. The molecule has 1 N–H and O–H groups in total. The van der Waals surface area contributed by atoms with Crippen LogP contribution in [0.2, 0.25) is 5.02 Å². The zero-order valence-corrected chi connectivity index (χ0v) is 21.3. The van der Waals surface area contributed by atoms with Crippen molar-refractivity contribution in [3.63, 3.8) is 0 Å². The number of benzene rings is 2. The summed E-state index contributed by atoms with van der Waals surface area (Å²) < 4.78 is 21.4. The van der Waals surface area contributed by atoms with Crippen LogP contribution in [0.3, 0.4) is 0 Å². The molecular weight excluding hydrogens is 497 g/mol. The fourth-order valence-electron chi connectivity index (χ4n) is 4.68. The number of piperazine rings is 1. The maximum Gasteiger partial charge on any atom is 0.312 e. The number of amides is 2. The van der Waals surface area contributed by atoms with Gasteiger partial charge in [-0.2, -0.15) is 5.10 Å². The first kappa shape index (κ1) is 24.7. The Bertz CT molecular complexity index is 1540. The molecule has 0 saturated carbocycles. The molecule has 4 aromatic rings. The minimum atomic E-state index is -0.611. The molecule has 3 heterocycles. The Morgan fingerprint density at radius 3 is 2.78 bits per heavy atom. The van der Waals surface area contributed by atoms with Gasteiger partial charge in [0.25, 0.3) is 0 Å². The molecule has 0 bridgehead atoms. The van der Waals surface area contributed by atoms with Crippen molar-refractivity contribution in [3.8, 4) is 11.4 Å². The molecule has 2 amide bonds. The summed E-state index contributed by atoms with van der Waals surface area (Å²) in [5.41, 5.74) is 4.47. The number of aromatic nitrogens is 3. The van der Waals surface area contributed by atoms with Gasteiger partial charge in [0.15, 0.2) is 5.82 Å². The molecule has 2 aromatic heterocycles. The predicted octanol–water partition coefficient (Wildman–Crippen LogP) is 4.43. The van der Waals surface area contributed by atoms with Gasteiger partial charge < -0.3 is 15.0 Å². The van der Waals surface area contributed by atoms with Crippen LogP contribution in [-0.4, -0.2) is 44.6 Å². The molecule has 10 heteroatoms. The van der Waals surface area contributed by atoms with Crippen LogP contribution in [0, 0.1) is 19.7 Å². The van der Waals surface area contributed by atoms with Crippen LogP contribution in [0.1, 0.15) is 35.3 Å². The summed E-state index contributed by atoms with van der Waals surface area (Å²) in [6.45, 7) is 6.57. The molecule has 8 nitrogen and oxygen atoms in total. The molecule has 1 saturated heterocycles. The first-order chi connectivity index (χ1) is 17.7. The Morgan fingerprint density at radius 1 is 1.22 bits per heavy atom. The lowest BCUT2D eigenvalue weighted by Gasteiger charge is -2.33. The normalized spacial score (nSPS) is 14.7. The third kappa shape index (κ3) is 4.74. The van der Waals surface area contributed by atoms with E-state index in [1.54, 1.807) is 4.90 Å². The lowest BCUT2D eigenvalue weighted by Crippen LogP contribution is -2.52. The molecular formula is C27H25ClFN5O3. The summed E-state index contributed by atoms with van der Waals surface area (Å²) in [5.74, 6) is -1.09. The largest absolute Gasteiger partial charge is 0.487 e.